The molecule has 0 radical (unpaired) electrons. The number of aliphatic carboxylic acids is 1. The third-order valence-corrected chi connectivity index (χ3v) is 1.54. The third-order valence-electron chi connectivity index (χ3n) is 1.54. The van der Waals surface area contributed by atoms with Gasteiger partial charge in [-0.05, 0) is 6.42 Å². The summed E-state index contributed by atoms with van der Waals surface area (Å²) in [5, 5.41) is 9.71. The molecule has 9 heteroatoms. The molecule has 0 heterocycles. The van der Waals surface area contributed by atoms with Crippen molar-refractivity contribution >= 4 is 17.8 Å². The van der Waals surface area contributed by atoms with Crippen molar-refractivity contribution in [2.24, 2.45) is 5.73 Å². The zero-order valence-corrected chi connectivity index (χ0v) is 7.87. The molecule has 2 amide bonds. The number of carbonyl (C=O) groups is 3. The first kappa shape index (κ1) is 14.2. The molecular weight excluding hydrogens is 233 g/mol. The van der Waals surface area contributed by atoms with Crippen molar-refractivity contribution in [2.75, 3.05) is 0 Å². The van der Waals surface area contributed by atoms with E-state index in [9.17, 15) is 27.6 Å². The molecule has 0 saturated heterocycles. The van der Waals surface area contributed by atoms with Gasteiger partial charge >= 0.3 is 18.1 Å². The monoisotopic (exact) mass is 242 g/mol. The van der Waals surface area contributed by atoms with E-state index in [4.69, 9.17) is 10.8 Å². The molecule has 0 rings (SSSR count). The number of rotatable bonds is 5. The molecule has 0 saturated carbocycles. The van der Waals surface area contributed by atoms with Crippen LogP contribution in [0, 0.1) is 0 Å². The fourth-order valence-corrected chi connectivity index (χ4v) is 0.784. The lowest BCUT2D eigenvalue weighted by atomic mass is 10.1. The zero-order valence-electron chi connectivity index (χ0n) is 7.87. The van der Waals surface area contributed by atoms with E-state index in [1.54, 1.807) is 0 Å². The highest BCUT2D eigenvalue weighted by atomic mass is 19.4. The van der Waals surface area contributed by atoms with E-state index < -0.39 is 42.8 Å². The number of halogens is 3. The molecule has 1 atom stereocenters. The van der Waals surface area contributed by atoms with Gasteiger partial charge in [-0.15, -0.1) is 0 Å². The van der Waals surface area contributed by atoms with Gasteiger partial charge in [0.15, 0.2) is 0 Å². The third kappa shape index (κ3) is 5.17. The highest BCUT2D eigenvalue weighted by Gasteiger charge is 2.40. The summed E-state index contributed by atoms with van der Waals surface area (Å²) in [7, 11) is 0. The van der Waals surface area contributed by atoms with E-state index in [0.29, 0.717) is 0 Å². The summed E-state index contributed by atoms with van der Waals surface area (Å²) in [5.41, 5.74) is 4.69. The molecule has 0 aliphatic carbocycles. The Morgan fingerprint density at radius 3 is 2.12 bits per heavy atom. The topological polar surface area (TPSA) is 109 Å². The minimum Gasteiger partial charge on any atom is -0.480 e. The van der Waals surface area contributed by atoms with Crippen molar-refractivity contribution in [3.63, 3.8) is 0 Å². The second-order valence-electron chi connectivity index (χ2n) is 2.87. The number of nitrogens with one attached hydrogen (secondary N) is 1. The van der Waals surface area contributed by atoms with Crippen molar-refractivity contribution in [1.29, 1.82) is 0 Å². The summed E-state index contributed by atoms with van der Waals surface area (Å²) in [4.78, 5) is 31.2. The van der Waals surface area contributed by atoms with E-state index in [0.717, 1.165) is 0 Å². The molecule has 0 fully saturated rings. The van der Waals surface area contributed by atoms with Crippen LogP contribution in [0.25, 0.3) is 0 Å². The molecule has 0 unspecified atom stereocenters. The highest BCUT2D eigenvalue weighted by Crippen LogP contribution is 2.15. The lowest BCUT2D eigenvalue weighted by Gasteiger charge is -2.14. The molecule has 0 aliphatic rings. The normalized spacial score (nSPS) is 12.9. The molecule has 4 N–H and O–H groups in total. The second kappa shape index (κ2) is 5.33. The Bertz CT molecular complexity index is 302. The zero-order chi connectivity index (χ0) is 12.9. The molecule has 0 aliphatic heterocycles. The van der Waals surface area contributed by atoms with Gasteiger partial charge < -0.3 is 16.2 Å². The molecule has 0 aromatic heterocycles. The summed E-state index contributed by atoms with van der Waals surface area (Å²) < 4.78 is 35.3. The smallest absolute Gasteiger partial charge is 0.471 e. The van der Waals surface area contributed by atoms with Gasteiger partial charge in [0.25, 0.3) is 0 Å². The minimum absolute atomic E-state index is 0.435. The summed E-state index contributed by atoms with van der Waals surface area (Å²) in [6.07, 6.45) is -6.10. The van der Waals surface area contributed by atoms with Gasteiger partial charge in [-0.3, -0.25) is 9.59 Å². The Balaban J connectivity index is 4.41. The van der Waals surface area contributed by atoms with Crippen LogP contribution < -0.4 is 11.1 Å². The molecule has 92 valence electrons. The number of carboxylic acids is 1. The largest absolute Gasteiger partial charge is 0.480 e. The van der Waals surface area contributed by atoms with Crippen LogP contribution in [-0.4, -0.2) is 35.1 Å². The first-order valence-electron chi connectivity index (χ1n) is 4.03. The van der Waals surface area contributed by atoms with Crippen LogP contribution in [0.4, 0.5) is 13.2 Å². The predicted molar refractivity (Wildman–Crippen MR) is 44.0 cm³/mol. The Hall–Kier alpha value is -1.80. The molecule has 0 aromatic carbocycles. The molecule has 0 spiro atoms. The molecular formula is C7H9F3N2O4. The van der Waals surface area contributed by atoms with Crippen LogP contribution in [0.2, 0.25) is 0 Å². The van der Waals surface area contributed by atoms with Crippen molar-refractivity contribution < 1.29 is 32.7 Å². The van der Waals surface area contributed by atoms with Crippen LogP contribution in [0.3, 0.4) is 0 Å². The lowest BCUT2D eigenvalue weighted by Crippen LogP contribution is -2.47. The SMILES string of the molecule is NC(=O)CC[C@@H](NC(=O)C(F)(F)F)C(=O)O. The number of nitrogens with two attached hydrogens (primary N) is 1. The Morgan fingerprint density at radius 2 is 1.81 bits per heavy atom. The van der Waals surface area contributed by atoms with E-state index in [-0.39, 0.29) is 0 Å². The minimum atomic E-state index is -5.17. The highest BCUT2D eigenvalue weighted by molar-refractivity contribution is 5.87. The van der Waals surface area contributed by atoms with Gasteiger partial charge in [0.2, 0.25) is 5.91 Å². The first-order valence-corrected chi connectivity index (χ1v) is 4.03. The fourth-order valence-electron chi connectivity index (χ4n) is 0.784. The quantitative estimate of drug-likeness (QED) is 0.597. The van der Waals surface area contributed by atoms with Gasteiger partial charge in [0, 0.05) is 6.42 Å². The van der Waals surface area contributed by atoms with Crippen LogP contribution in [0.1, 0.15) is 12.8 Å². The first-order chi connectivity index (χ1) is 7.14. The Kier molecular flexibility index (Phi) is 4.73. The fraction of sp³-hybridized carbons (Fsp3) is 0.571. The van der Waals surface area contributed by atoms with Crippen LogP contribution >= 0.6 is 0 Å². The van der Waals surface area contributed by atoms with Crippen LogP contribution in [0.5, 0.6) is 0 Å². The standard InChI is InChI=1S/C7H9F3N2O4/c8-7(9,10)6(16)12-3(5(14)15)1-2-4(11)13/h3H,1-2H2,(H2,11,13)(H,12,16)(H,14,15)/t3-/m1/s1. The van der Waals surface area contributed by atoms with Gasteiger partial charge in [-0.25, -0.2) is 4.79 Å². The average Bonchev–Trinajstić information content (AvgIpc) is 2.09. The molecule has 6 nitrogen and oxygen atoms in total. The number of primary amides is 1. The predicted octanol–water partition coefficient (Wildman–Crippen LogP) is -0.616. The van der Waals surface area contributed by atoms with E-state index >= 15 is 0 Å². The van der Waals surface area contributed by atoms with Gasteiger partial charge in [0.1, 0.15) is 6.04 Å². The number of alkyl halides is 3. The summed E-state index contributed by atoms with van der Waals surface area (Å²) >= 11 is 0. The van der Waals surface area contributed by atoms with E-state index in [1.165, 1.54) is 5.32 Å². The van der Waals surface area contributed by atoms with Crippen LogP contribution in [0.15, 0.2) is 0 Å². The number of carboxylic acid groups (broad SMARTS) is 1. The summed E-state index contributed by atoms with van der Waals surface area (Å²) in [6.45, 7) is 0. The Labute approximate surface area is 87.6 Å². The second-order valence-corrected chi connectivity index (χ2v) is 2.87. The maximum absolute atomic E-state index is 11.8. The van der Waals surface area contributed by atoms with Gasteiger partial charge in [-0.2, -0.15) is 13.2 Å². The van der Waals surface area contributed by atoms with Crippen molar-refractivity contribution in [2.45, 2.75) is 25.1 Å². The van der Waals surface area contributed by atoms with Crippen molar-refractivity contribution in [3.05, 3.63) is 0 Å². The average molecular weight is 242 g/mol. The van der Waals surface area contributed by atoms with E-state index in [2.05, 4.69) is 0 Å². The molecule has 16 heavy (non-hydrogen) atoms. The number of carbonyl (C=O) groups excluding carboxylic acids is 2. The van der Waals surface area contributed by atoms with E-state index in [1.807, 2.05) is 0 Å². The van der Waals surface area contributed by atoms with Gasteiger partial charge in [-0.1, -0.05) is 0 Å². The lowest BCUT2D eigenvalue weighted by molar-refractivity contribution is -0.175. The van der Waals surface area contributed by atoms with Gasteiger partial charge in [0.05, 0.1) is 0 Å². The molecule has 0 aromatic rings. The molecule has 0 bridgehead atoms. The maximum atomic E-state index is 11.8. The van der Waals surface area contributed by atoms with Crippen LogP contribution in [-0.2, 0) is 14.4 Å². The number of hydrogen-bond donors (Lipinski definition) is 3. The van der Waals surface area contributed by atoms with Crippen molar-refractivity contribution in [1.82, 2.24) is 5.32 Å². The maximum Gasteiger partial charge on any atom is 0.471 e. The van der Waals surface area contributed by atoms with Crippen molar-refractivity contribution in [3.8, 4) is 0 Å². The number of amides is 2. The summed E-state index contributed by atoms with van der Waals surface area (Å²) in [6, 6.07) is -1.79. The Morgan fingerprint density at radius 1 is 1.31 bits per heavy atom. The summed E-state index contributed by atoms with van der Waals surface area (Å²) in [5.74, 6) is -4.91. The number of hydrogen-bond acceptors (Lipinski definition) is 3.